The Labute approximate surface area is 225 Å². The number of piperazine rings is 1. The Balaban J connectivity index is 1.29. The molecule has 1 saturated heterocycles. The van der Waals surface area contributed by atoms with Crippen LogP contribution in [0.4, 0.5) is 11.4 Å². The van der Waals surface area contributed by atoms with E-state index < -0.39 is 10.8 Å². The standard InChI is InChI=1S/C29H30N4O4S/c34-28-24-9-4-3-8-23(24)26(27(25-10-5-19-38-25)32(28)21-6-1-2-7-21)29(35)31-17-15-30(16-18-31)20-11-13-22(14-12-20)33(36)37/h3-5,8-14,19,21,26-27H,1-2,6-7,15-18H2/t26-,27+/m0/s1. The third kappa shape index (κ3) is 4.34. The molecule has 0 unspecified atom stereocenters. The number of nitro benzene ring substituents is 1. The number of anilines is 1. The van der Waals surface area contributed by atoms with E-state index in [0.29, 0.717) is 31.7 Å². The molecule has 0 radical (unpaired) electrons. The van der Waals surface area contributed by atoms with E-state index in [1.807, 2.05) is 45.5 Å². The Morgan fingerprint density at radius 3 is 2.29 bits per heavy atom. The quantitative estimate of drug-likeness (QED) is 0.333. The largest absolute Gasteiger partial charge is 0.368 e. The molecule has 2 atom stereocenters. The first-order chi connectivity index (χ1) is 18.5. The molecule has 2 fully saturated rings. The summed E-state index contributed by atoms with van der Waals surface area (Å²) in [6.45, 7) is 2.41. The van der Waals surface area contributed by atoms with Gasteiger partial charge >= 0.3 is 0 Å². The predicted octanol–water partition coefficient (Wildman–Crippen LogP) is 5.23. The summed E-state index contributed by atoms with van der Waals surface area (Å²) in [7, 11) is 0. The molecule has 2 aliphatic heterocycles. The molecule has 8 nitrogen and oxygen atoms in total. The SMILES string of the molecule is O=C([C@H]1c2ccccc2C(=O)N(C2CCCC2)[C@@H]1c1cccs1)N1CCN(c2ccc([N+](=O)[O-])cc2)CC1. The highest BCUT2D eigenvalue weighted by Crippen LogP contribution is 2.48. The number of nitro groups is 1. The molecule has 0 N–H and O–H groups in total. The molecule has 9 heteroatoms. The number of carbonyl (C=O) groups excluding carboxylic acids is 2. The summed E-state index contributed by atoms with van der Waals surface area (Å²) in [5, 5.41) is 13.0. The van der Waals surface area contributed by atoms with Crippen molar-refractivity contribution in [2.24, 2.45) is 0 Å². The monoisotopic (exact) mass is 530 g/mol. The van der Waals surface area contributed by atoms with Crippen molar-refractivity contribution in [1.82, 2.24) is 9.80 Å². The van der Waals surface area contributed by atoms with E-state index in [1.54, 1.807) is 23.5 Å². The summed E-state index contributed by atoms with van der Waals surface area (Å²) in [4.78, 5) is 46.0. The van der Waals surface area contributed by atoms with Crippen LogP contribution in [-0.4, -0.2) is 58.8 Å². The zero-order valence-corrected chi connectivity index (χ0v) is 21.9. The summed E-state index contributed by atoms with van der Waals surface area (Å²) >= 11 is 1.62. The molecule has 3 aromatic rings. The van der Waals surface area contributed by atoms with Crippen LogP contribution in [0.2, 0.25) is 0 Å². The van der Waals surface area contributed by atoms with Gasteiger partial charge in [0.25, 0.3) is 11.6 Å². The second-order valence-electron chi connectivity index (χ2n) is 10.3. The second kappa shape index (κ2) is 10.2. The Kier molecular flexibility index (Phi) is 6.61. The highest BCUT2D eigenvalue weighted by atomic mass is 32.1. The molecular weight excluding hydrogens is 500 g/mol. The molecule has 196 valence electrons. The zero-order valence-electron chi connectivity index (χ0n) is 21.1. The van der Waals surface area contributed by atoms with E-state index in [2.05, 4.69) is 11.0 Å². The molecular formula is C29H30N4O4S. The van der Waals surface area contributed by atoms with E-state index >= 15 is 0 Å². The van der Waals surface area contributed by atoms with Crippen molar-refractivity contribution < 1.29 is 14.5 Å². The lowest BCUT2D eigenvalue weighted by Crippen LogP contribution is -2.54. The molecule has 2 amide bonds. The van der Waals surface area contributed by atoms with Gasteiger partial charge in [0.1, 0.15) is 0 Å². The normalized spacial score (nSPS) is 22.0. The van der Waals surface area contributed by atoms with Crippen LogP contribution in [0, 0.1) is 10.1 Å². The zero-order chi connectivity index (χ0) is 26.2. The molecule has 3 heterocycles. The minimum Gasteiger partial charge on any atom is -0.368 e. The number of thiophene rings is 1. The second-order valence-corrected chi connectivity index (χ2v) is 11.2. The highest BCUT2D eigenvalue weighted by molar-refractivity contribution is 7.10. The molecule has 6 rings (SSSR count). The van der Waals surface area contributed by atoms with E-state index in [0.717, 1.165) is 41.8 Å². The van der Waals surface area contributed by atoms with Gasteiger partial charge in [-0.05, 0) is 48.1 Å². The number of rotatable bonds is 5. The predicted molar refractivity (Wildman–Crippen MR) is 147 cm³/mol. The van der Waals surface area contributed by atoms with Gasteiger partial charge in [0.15, 0.2) is 0 Å². The fourth-order valence-electron chi connectivity index (χ4n) is 6.33. The van der Waals surface area contributed by atoms with Crippen molar-refractivity contribution >= 4 is 34.5 Å². The maximum atomic E-state index is 14.4. The number of amides is 2. The van der Waals surface area contributed by atoms with Crippen LogP contribution in [-0.2, 0) is 4.79 Å². The number of benzene rings is 2. The smallest absolute Gasteiger partial charge is 0.269 e. The van der Waals surface area contributed by atoms with Crippen LogP contribution < -0.4 is 4.90 Å². The number of nitrogens with zero attached hydrogens (tertiary/aromatic N) is 4. The van der Waals surface area contributed by atoms with Gasteiger partial charge in [-0.15, -0.1) is 11.3 Å². The van der Waals surface area contributed by atoms with Gasteiger partial charge in [0, 0.05) is 60.5 Å². The van der Waals surface area contributed by atoms with Crippen LogP contribution >= 0.6 is 11.3 Å². The molecule has 2 aromatic carbocycles. The summed E-state index contributed by atoms with van der Waals surface area (Å²) in [6.07, 6.45) is 4.17. The molecule has 3 aliphatic rings. The summed E-state index contributed by atoms with van der Waals surface area (Å²) in [6, 6.07) is 18.1. The summed E-state index contributed by atoms with van der Waals surface area (Å²) < 4.78 is 0. The lowest BCUT2D eigenvalue weighted by Gasteiger charge is -2.46. The van der Waals surface area contributed by atoms with Crippen LogP contribution in [0.25, 0.3) is 0 Å². The Hall–Kier alpha value is -3.72. The first-order valence-electron chi connectivity index (χ1n) is 13.3. The molecule has 0 bridgehead atoms. The van der Waals surface area contributed by atoms with Crippen LogP contribution in [0.5, 0.6) is 0 Å². The van der Waals surface area contributed by atoms with Gasteiger partial charge in [-0.25, -0.2) is 0 Å². The van der Waals surface area contributed by atoms with Gasteiger partial charge in [-0.2, -0.15) is 0 Å². The van der Waals surface area contributed by atoms with Gasteiger partial charge in [0.2, 0.25) is 5.91 Å². The van der Waals surface area contributed by atoms with Crippen molar-refractivity contribution in [2.75, 3.05) is 31.1 Å². The van der Waals surface area contributed by atoms with Crippen molar-refractivity contribution in [3.8, 4) is 0 Å². The van der Waals surface area contributed by atoms with Gasteiger partial charge < -0.3 is 14.7 Å². The highest BCUT2D eigenvalue weighted by Gasteiger charge is 2.48. The number of non-ortho nitro benzene ring substituents is 1. The van der Waals surface area contributed by atoms with E-state index in [-0.39, 0.29) is 29.6 Å². The third-order valence-electron chi connectivity index (χ3n) is 8.21. The van der Waals surface area contributed by atoms with E-state index in [9.17, 15) is 19.7 Å². The van der Waals surface area contributed by atoms with Gasteiger partial charge in [0.05, 0.1) is 16.9 Å². The summed E-state index contributed by atoms with van der Waals surface area (Å²) in [5.41, 5.74) is 2.46. The van der Waals surface area contributed by atoms with Crippen molar-refractivity contribution in [1.29, 1.82) is 0 Å². The first kappa shape index (κ1) is 24.6. The van der Waals surface area contributed by atoms with E-state index in [4.69, 9.17) is 0 Å². The van der Waals surface area contributed by atoms with Gasteiger partial charge in [-0.3, -0.25) is 19.7 Å². The first-order valence-corrected chi connectivity index (χ1v) is 14.1. The van der Waals surface area contributed by atoms with Crippen LogP contribution in [0.15, 0.2) is 66.0 Å². The minimum absolute atomic E-state index is 0.0398. The van der Waals surface area contributed by atoms with Crippen LogP contribution in [0.1, 0.15) is 58.4 Å². The number of carbonyl (C=O) groups is 2. The molecule has 1 saturated carbocycles. The lowest BCUT2D eigenvalue weighted by atomic mass is 9.80. The topological polar surface area (TPSA) is 87.0 Å². The molecule has 1 aliphatic carbocycles. The molecule has 38 heavy (non-hydrogen) atoms. The fraction of sp³-hybridized carbons (Fsp3) is 0.379. The van der Waals surface area contributed by atoms with Crippen LogP contribution in [0.3, 0.4) is 0 Å². The molecule has 1 aromatic heterocycles. The van der Waals surface area contributed by atoms with Crippen molar-refractivity contribution in [2.45, 2.75) is 43.7 Å². The average Bonchev–Trinajstić information content (AvgIpc) is 3.68. The number of hydrogen-bond acceptors (Lipinski definition) is 6. The third-order valence-corrected chi connectivity index (χ3v) is 9.15. The van der Waals surface area contributed by atoms with Crippen molar-refractivity contribution in [3.63, 3.8) is 0 Å². The number of hydrogen-bond donors (Lipinski definition) is 0. The summed E-state index contributed by atoms with van der Waals surface area (Å²) in [5.74, 6) is -0.346. The molecule has 0 spiro atoms. The average molecular weight is 531 g/mol. The Bertz CT molecular complexity index is 1330. The maximum Gasteiger partial charge on any atom is 0.269 e. The van der Waals surface area contributed by atoms with Crippen molar-refractivity contribution in [3.05, 3.63) is 92.2 Å². The Morgan fingerprint density at radius 1 is 0.921 bits per heavy atom. The van der Waals surface area contributed by atoms with Gasteiger partial charge in [-0.1, -0.05) is 37.1 Å². The fourth-order valence-corrected chi connectivity index (χ4v) is 7.19. The Morgan fingerprint density at radius 2 is 1.63 bits per heavy atom. The maximum absolute atomic E-state index is 14.4. The number of fused-ring (bicyclic) bond motifs is 1. The lowest BCUT2D eigenvalue weighted by molar-refractivity contribution is -0.384. The minimum atomic E-state index is -0.450. The van der Waals surface area contributed by atoms with E-state index in [1.165, 1.54) is 12.1 Å².